The van der Waals surface area contributed by atoms with Crippen LogP contribution >= 0.6 is 0 Å². The summed E-state index contributed by atoms with van der Waals surface area (Å²) in [5.74, 6) is 0. The van der Waals surface area contributed by atoms with E-state index < -0.39 is 0 Å². The third-order valence-corrected chi connectivity index (χ3v) is 4.70. The highest BCUT2D eigenvalue weighted by molar-refractivity contribution is 6.65. The highest BCUT2D eigenvalue weighted by Crippen LogP contribution is 2.37. The Balaban J connectivity index is 2.11. The summed E-state index contributed by atoms with van der Waals surface area (Å²) in [4.78, 5) is 0. The molecule has 5 heteroatoms. The van der Waals surface area contributed by atoms with Crippen LogP contribution < -0.4 is 5.46 Å². The molecule has 106 valence electrons. The molecule has 0 bridgehead atoms. The number of hydrogen-bond donors (Lipinski definition) is 0. The van der Waals surface area contributed by atoms with Gasteiger partial charge in [-0.3, -0.25) is 4.68 Å². The predicted molar refractivity (Wildman–Crippen MR) is 81.2 cm³/mol. The molecule has 0 saturated carbocycles. The maximum atomic E-state index is 6.14. The molecule has 2 aromatic rings. The van der Waals surface area contributed by atoms with E-state index in [2.05, 4.69) is 45.8 Å². The Bertz CT molecular complexity index is 660. The lowest BCUT2D eigenvalue weighted by Crippen LogP contribution is -2.41. The molecule has 0 amide bonds. The third-order valence-electron chi connectivity index (χ3n) is 4.70. The van der Waals surface area contributed by atoms with Gasteiger partial charge in [0.2, 0.25) is 0 Å². The third kappa shape index (κ3) is 1.80. The summed E-state index contributed by atoms with van der Waals surface area (Å²) >= 11 is 0. The zero-order valence-corrected chi connectivity index (χ0v) is 13.0. The number of hydrogen-bond acceptors (Lipinski definition) is 3. The Morgan fingerprint density at radius 3 is 2.30 bits per heavy atom. The second kappa shape index (κ2) is 4.09. The Morgan fingerprint density at radius 2 is 1.70 bits per heavy atom. The van der Waals surface area contributed by atoms with Gasteiger partial charge in [0, 0.05) is 23.6 Å². The molecule has 2 heterocycles. The van der Waals surface area contributed by atoms with Crippen molar-refractivity contribution in [2.75, 3.05) is 0 Å². The molecule has 20 heavy (non-hydrogen) atoms. The molecule has 1 fully saturated rings. The molecule has 0 atom stereocenters. The van der Waals surface area contributed by atoms with Gasteiger partial charge in [-0.2, -0.15) is 5.10 Å². The van der Waals surface area contributed by atoms with Crippen molar-refractivity contribution in [1.29, 1.82) is 0 Å². The summed E-state index contributed by atoms with van der Waals surface area (Å²) in [6.07, 6.45) is 0. The van der Waals surface area contributed by atoms with Crippen LogP contribution in [0, 0.1) is 6.92 Å². The van der Waals surface area contributed by atoms with Crippen LogP contribution in [0.15, 0.2) is 18.2 Å². The van der Waals surface area contributed by atoms with Gasteiger partial charge in [0.05, 0.1) is 16.7 Å². The molecule has 0 N–H and O–H groups in total. The largest absolute Gasteiger partial charge is 0.497 e. The van der Waals surface area contributed by atoms with Crippen molar-refractivity contribution in [3.8, 4) is 0 Å². The number of nitrogens with zero attached hydrogens (tertiary/aromatic N) is 2. The van der Waals surface area contributed by atoms with E-state index in [4.69, 9.17) is 9.31 Å². The zero-order chi connectivity index (χ0) is 14.7. The van der Waals surface area contributed by atoms with E-state index in [1.807, 2.05) is 23.9 Å². The average Bonchev–Trinajstić information content (AvgIpc) is 2.74. The van der Waals surface area contributed by atoms with Crippen LogP contribution in [0.4, 0.5) is 0 Å². The van der Waals surface area contributed by atoms with Crippen LogP contribution in [0.25, 0.3) is 10.9 Å². The van der Waals surface area contributed by atoms with Gasteiger partial charge in [0.1, 0.15) is 0 Å². The first-order chi connectivity index (χ1) is 9.23. The van der Waals surface area contributed by atoms with E-state index in [1.54, 1.807) is 0 Å². The fourth-order valence-corrected chi connectivity index (χ4v) is 2.52. The minimum Gasteiger partial charge on any atom is -0.399 e. The monoisotopic (exact) mass is 272 g/mol. The maximum absolute atomic E-state index is 6.14. The van der Waals surface area contributed by atoms with Crippen LogP contribution in [0.3, 0.4) is 0 Å². The molecule has 1 aliphatic heterocycles. The summed E-state index contributed by atoms with van der Waals surface area (Å²) in [6, 6.07) is 6.17. The van der Waals surface area contributed by atoms with Gasteiger partial charge in [-0.1, -0.05) is 18.2 Å². The van der Waals surface area contributed by atoms with E-state index in [1.165, 1.54) is 0 Å². The SMILES string of the molecule is Cc1c2cccc(B3OC(C)(C)C(C)(C)O3)c2nn1C. The van der Waals surface area contributed by atoms with Gasteiger partial charge in [-0.15, -0.1) is 0 Å². The quantitative estimate of drug-likeness (QED) is 0.746. The second-order valence-corrected chi connectivity index (χ2v) is 6.54. The summed E-state index contributed by atoms with van der Waals surface area (Å²) in [5, 5.41) is 5.76. The number of fused-ring (bicyclic) bond motifs is 1. The molecule has 0 aliphatic carbocycles. The van der Waals surface area contributed by atoms with Crippen LogP contribution in [-0.2, 0) is 16.4 Å². The van der Waals surface area contributed by atoms with Gasteiger partial charge in [-0.05, 0) is 34.6 Å². The lowest BCUT2D eigenvalue weighted by molar-refractivity contribution is 0.00578. The second-order valence-electron chi connectivity index (χ2n) is 6.54. The smallest absolute Gasteiger partial charge is 0.399 e. The number of aryl methyl sites for hydroxylation is 2. The standard InChI is InChI=1S/C15H21BN2O2/c1-10-11-8-7-9-12(13(11)17-18(10)6)16-19-14(2,3)15(4,5)20-16/h7-9H,1-6H3. The highest BCUT2D eigenvalue weighted by atomic mass is 16.7. The minimum absolute atomic E-state index is 0.330. The van der Waals surface area contributed by atoms with Gasteiger partial charge >= 0.3 is 7.12 Å². The van der Waals surface area contributed by atoms with E-state index in [0.717, 1.165) is 22.1 Å². The fraction of sp³-hybridized carbons (Fsp3) is 0.533. The van der Waals surface area contributed by atoms with Gasteiger partial charge < -0.3 is 9.31 Å². The molecular formula is C15H21BN2O2. The van der Waals surface area contributed by atoms with E-state index >= 15 is 0 Å². The topological polar surface area (TPSA) is 36.3 Å². The van der Waals surface area contributed by atoms with Crippen LogP contribution in [0.2, 0.25) is 0 Å². The molecule has 1 aromatic carbocycles. The molecule has 1 saturated heterocycles. The Labute approximate surface area is 120 Å². The van der Waals surface area contributed by atoms with E-state index in [-0.39, 0.29) is 18.3 Å². The first kappa shape index (κ1) is 13.6. The highest BCUT2D eigenvalue weighted by Gasteiger charge is 2.52. The van der Waals surface area contributed by atoms with Crippen LogP contribution in [0.5, 0.6) is 0 Å². The number of aromatic nitrogens is 2. The van der Waals surface area contributed by atoms with Crippen molar-refractivity contribution < 1.29 is 9.31 Å². The van der Waals surface area contributed by atoms with Crippen molar-refractivity contribution in [1.82, 2.24) is 9.78 Å². The lowest BCUT2D eigenvalue weighted by atomic mass is 9.78. The summed E-state index contributed by atoms with van der Waals surface area (Å²) in [6.45, 7) is 10.3. The normalized spacial score (nSPS) is 20.8. The van der Waals surface area contributed by atoms with Gasteiger partial charge in [0.25, 0.3) is 0 Å². The molecular weight excluding hydrogens is 251 g/mol. The van der Waals surface area contributed by atoms with Crippen molar-refractivity contribution in [2.45, 2.75) is 45.8 Å². The van der Waals surface area contributed by atoms with Crippen molar-refractivity contribution in [2.24, 2.45) is 7.05 Å². The van der Waals surface area contributed by atoms with Crippen LogP contribution in [-0.4, -0.2) is 28.1 Å². The first-order valence-electron chi connectivity index (χ1n) is 7.01. The summed E-state index contributed by atoms with van der Waals surface area (Å²) < 4.78 is 14.2. The van der Waals surface area contributed by atoms with Crippen molar-refractivity contribution in [3.05, 3.63) is 23.9 Å². The van der Waals surface area contributed by atoms with Crippen molar-refractivity contribution >= 4 is 23.5 Å². The lowest BCUT2D eigenvalue weighted by Gasteiger charge is -2.32. The molecule has 3 rings (SSSR count). The Hall–Kier alpha value is -1.33. The number of rotatable bonds is 1. The summed E-state index contributed by atoms with van der Waals surface area (Å²) in [5.41, 5.74) is 2.46. The maximum Gasteiger partial charge on any atom is 0.497 e. The first-order valence-corrected chi connectivity index (χ1v) is 7.01. The van der Waals surface area contributed by atoms with E-state index in [0.29, 0.717) is 0 Å². The molecule has 0 spiro atoms. The molecule has 1 aromatic heterocycles. The summed E-state index contributed by atoms with van der Waals surface area (Å²) in [7, 11) is 1.60. The minimum atomic E-state index is -0.363. The Morgan fingerprint density at radius 1 is 1.10 bits per heavy atom. The van der Waals surface area contributed by atoms with Crippen LogP contribution in [0.1, 0.15) is 33.4 Å². The zero-order valence-electron chi connectivity index (χ0n) is 13.0. The predicted octanol–water partition coefficient (Wildman–Crippen LogP) is 2.18. The van der Waals surface area contributed by atoms with Gasteiger partial charge in [0.15, 0.2) is 0 Å². The fourth-order valence-electron chi connectivity index (χ4n) is 2.52. The molecule has 1 aliphatic rings. The number of benzene rings is 1. The molecule has 4 nitrogen and oxygen atoms in total. The molecule has 0 radical (unpaired) electrons. The molecule has 0 unspecified atom stereocenters. The Kier molecular flexibility index (Phi) is 2.79. The van der Waals surface area contributed by atoms with Gasteiger partial charge in [-0.25, -0.2) is 0 Å². The van der Waals surface area contributed by atoms with Crippen molar-refractivity contribution in [3.63, 3.8) is 0 Å². The average molecular weight is 272 g/mol. The van der Waals surface area contributed by atoms with E-state index in [9.17, 15) is 0 Å².